The third kappa shape index (κ3) is 4.72. The van der Waals surface area contributed by atoms with Crippen LogP contribution in [0.25, 0.3) is 22.0 Å². The van der Waals surface area contributed by atoms with Crippen LogP contribution in [0.4, 0.5) is 14.6 Å². The van der Waals surface area contributed by atoms with Gasteiger partial charge in [-0.2, -0.15) is 0 Å². The van der Waals surface area contributed by atoms with E-state index in [-0.39, 0.29) is 13.0 Å². The second-order valence-corrected chi connectivity index (χ2v) is 10.4. The Balaban J connectivity index is 1.31. The van der Waals surface area contributed by atoms with E-state index in [1.165, 1.54) is 0 Å². The number of likely N-dealkylation sites (tertiary alicyclic amines) is 1. The first-order valence-corrected chi connectivity index (χ1v) is 13.2. The van der Waals surface area contributed by atoms with Crippen LogP contribution >= 0.6 is 0 Å². The van der Waals surface area contributed by atoms with E-state index < -0.39 is 24.5 Å². The minimum atomic E-state index is -3.31. The molecule has 0 saturated carbocycles. The summed E-state index contributed by atoms with van der Waals surface area (Å²) in [6.45, 7) is 2.58. The summed E-state index contributed by atoms with van der Waals surface area (Å²) in [6, 6.07) is 13.4. The molecule has 1 N–H and O–H groups in total. The standard InChI is InChI=1S/C30H29F2N5O3/c1-18-11-22(21-5-6-26(40-2)33-14-21)13-24-27(18)34-17-35-28(24)36-9-7-19-3-4-20(12-23(19)15-36)29(39)37-10-8-25(38)30(31,32)16-37/h3-6,11-14,17,25,38H,7-10,15-16H2,1-2H3. The van der Waals surface area contributed by atoms with E-state index in [2.05, 4.69) is 32.0 Å². The van der Waals surface area contributed by atoms with E-state index in [9.17, 15) is 18.7 Å². The fourth-order valence-corrected chi connectivity index (χ4v) is 5.58. The van der Waals surface area contributed by atoms with Gasteiger partial charge in [-0.3, -0.25) is 4.79 Å². The van der Waals surface area contributed by atoms with E-state index in [0.717, 1.165) is 62.4 Å². The molecule has 8 nitrogen and oxygen atoms in total. The van der Waals surface area contributed by atoms with Crippen molar-refractivity contribution >= 4 is 22.6 Å². The summed E-state index contributed by atoms with van der Waals surface area (Å²) < 4.78 is 33.4. The predicted molar refractivity (Wildman–Crippen MR) is 147 cm³/mol. The summed E-state index contributed by atoms with van der Waals surface area (Å²) in [7, 11) is 1.58. The van der Waals surface area contributed by atoms with E-state index in [1.54, 1.807) is 31.8 Å². The van der Waals surface area contributed by atoms with Gasteiger partial charge in [-0.05, 0) is 72.4 Å². The van der Waals surface area contributed by atoms with Crippen molar-refractivity contribution in [2.45, 2.75) is 38.3 Å². The first-order chi connectivity index (χ1) is 19.2. The van der Waals surface area contributed by atoms with Crippen LogP contribution in [-0.4, -0.2) is 69.6 Å². The molecule has 2 aliphatic rings. The highest BCUT2D eigenvalue weighted by molar-refractivity contribution is 5.96. The van der Waals surface area contributed by atoms with Crippen LogP contribution in [-0.2, 0) is 13.0 Å². The topological polar surface area (TPSA) is 91.7 Å². The average Bonchev–Trinajstić information content (AvgIpc) is 2.97. The van der Waals surface area contributed by atoms with Gasteiger partial charge in [-0.15, -0.1) is 0 Å². The number of anilines is 1. The smallest absolute Gasteiger partial charge is 0.290 e. The van der Waals surface area contributed by atoms with Crippen LogP contribution < -0.4 is 9.64 Å². The number of nitrogens with zero attached hydrogens (tertiary/aromatic N) is 5. The number of rotatable bonds is 4. The monoisotopic (exact) mass is 545 g/mol. The van der Waals surface area contributed by atoms with Gasteiger partial charge in [0.2, 0.25) is 5.88 Å². The summed E-state index contributed by atoms with van der Waals surface area (Å²) in [4.78, 5) is 30.0. The van der Waals surface area contributed by atoms with Gasteiger partial charge in [0.05, 0.1) is 19.2 Å². The van der Waals surface area contributed by atoms with E-state index in [4.69, 9.17) is 4.74 Å². The Hall–Kier alpha value is -4.18. The molecule has 2 aliphatic heterocycles. The number of methoxy groups -OCH3 is 1. The van der Waals surface area contributed by atoms with Gasteiger partial charge in [-0.25, -0.2) is 23.7 Å². The van der Waals surface area contributed by atoms with Crippen molar-refractivity contribution in [2.24, 2.45) is 0 Å². The lowest BCUT2D eigenvalue weighted by Gasteiger charge is -2.36. The minimum absolute atomic E-state index is 0.0944. The van der Waals surface area contributed by atoms with Crippen molar-refractivity contribution in [3.05, 3.63) is 77.2 Å². The molecule has 1 atom stereocenters. The van der Waals surface area contributed by atoms with Gasteiger partial charge in [-0.1, -0.05) is 6.07 Å². The van der Waals surface area contributed by atoms with Crippen molar-refractivity contribution in [2.75, 3.05) is 31.6 Å². The number of amides is 1. The molecule has 4 aromatic rings. The maximum absolute atomic E-state index is 14.1. The van der Waals surface area contributed by atoms with E-state index >= 15 is 0 Å². The Morgan fingerprint density at radius 3 is 2.65 bits per heavy atom. The maximum atomic E-state index is 14.1. The van der Waals surface area contributed by atoms with Gasteiger partial charge in [0.1, 0.15) is 18.2 Å². The average molecular weight is 546 g/mol. The fourth-order valence-electron chi connectivity index (χ4n) is 5.58. The van der Waals surface area contributed by atoms with Gasteiger partial charge in [0.25, 0.3) is 11.8 Å². The first kappa shape index (κ1) is 26.1. The van der Waals surface area contributed by atoms with Crippen molar-refractivity contribution in [3.8, 4) is 17.0 Å². The zero-order chi connectivity index (χ0) is 28.0. The molecule has 2 aromatic heterocycles. The molecule has 6 rings (SSSR count). The molecule has 2 aromatic carbocycles. The Kier molecular flexibility index (Phi) is 6.58. The molecule has 4 heterocycles. The number of aromatic nitrogens is 3. The van der Waals surface area contributed by atoms with E-state index in [0.29, 0.717) is 18.0 Å². The second kappa shape index (κ2) is 10.1. The van der Waals surface area contributed by atoms with E-state index in [1.807, 2.05) is 25.1 Å². The summed E-state index contributed by atoms with van der Waals surface area (Å²) >= 11 is 0. The number of fused-ring (bicyclic) bond motifs is 2. The van der Waals surface area contributed by atoms with Crippen LogP contribution in [0, 0.1) is 6.92 Å². The number of benzene rings is 2. The Labute approximate surface area is 230 Å². The number of piperidine rings is 1. The highest BCUT2D eigenvalue weighted by Gasteiger charge is 2.45. The molecule has 0 spiro atoms. The van der Waals surface area contributed by atoms with Gasteiger partial charge in [0, 0.05) is 48.4 Å². The minimum Gasteiger partial charge on any atom is -0.481 e. The Morgan fingerprint density at radius 2 is 1.90 bits per heavy atom. The number of pyridine rings is 1. The molecular weight excluding hydrogens is 516 g/mol. The van der Waals surface area contributed by atoms with Gasteiger partial charge in [0.15, 0.2) is 0 Å². The van der Waals surface area contributed by atoms with Crippen LogP contribution in [0.1, 0.15) is 33.5 Å². The molecule has 1 fully saturated rings. The zero-order valence-corrected chi connectivity index (χ0v) is 22.3. The van der Waals surface area contributed by atoms with Crippen molar-refractivity contribution in [3.63, 3.8) is 0 Å². The molecule has 1 amide bonds. The lowest BCUT2D eigenvalue weighted by Crippen LogP contribution is -2.53. The van der Waals surface area contributed by atoms with Gasteiger partial charge >= 0.3 is 0 Å². The molecule has 1 unspecified atom stereocenters. The summed E-state index contributed by atoms with van der Waals surface area (Å²) in [6.07, 6.45) is 2.23. The molecule has 1 saturated heterocycles. The molecule has 0 aliphatic carbocycles. The quantitative estimate of drug-likeness (QED) is 0.406. The fraction of sp³-hybridized carbons (Fsp3) is 0.333. The van der Waals surface area contributed by atoms with Crippen molar-refractivity contribution in [1.29, 1.82) is 0 Å². The number of aliphatic hydroxyl groups is 1. The number of halogens is 2. The van der Waals surface area contributed by atoms with Gasteiger partial charge < -0.3 is 19.6 Å². The summed E-state index contributed by atoms with van der Waals surface area (Å²) in [5, 5.41) is 10.5. The largest absolute Gasteiger partial charge is 0.481 e. The first-order valence-electron chi connectivity index (χ1n) is 13.2. The number of aryl methyl sites for hydroxylation is 1. The van der Waals surface area contributed by atoms with Crippen molar-refractivity contribution < 1.29 is 23.4 Å². The van der Waals surface area contributed by atoms with Crippen LogP contribution in [0.2, 0.25) is 0 Å². The highest BCUT2D eigenvalue weighted by atomic mass is 19.3. The maximum Gasteiger partial charge on any atom is 0.290 e. The molecule has 0 radical (unpaired) electrons. The molecular formula is C30H29F2N5O3. The number of hydrogen-bond donors (Lipinski definition) is 1. The number of ether oxygens (including phenoxy) is 1. The third-order valence-corrected chi connectivity index (χ3v) is 7.80. The third-order valence-electron chi connectivity index (χ3n) is 7.80. The lowest BCUT2D eigenvalue weighted by atomic mass is 9.95. The Bertz CT molecular complexity index is 1590. The molecule has 0 bridgehead atoms. The highest BCUT2D eigenvalue weighted by Crippen LogP contribution is 2.34. The SMILES string of the molecule is COc1ccc(-c2cc(C)c3ncnc(N4CCc5ccc(C(=O)N6CCC(O)C(F)(F)C6)cc5C4)c3c2)cn1. The molecule has 206 valence electrons. The number of carbonyl (C=O) groups is 1. The summed E-state index contributed by atoms with van der Waals surface area (Å²) in [5.74, 6) is -2.43. The van der Waals surface area contributed by atoms with Crippen LogP contribution in [0.15, 0.2) is 55.0 Å². The molecule has 40 heavy (non-hydrogen) atoms. The van der Waals surface area contributed by atoms with Crippen LogP contribution in [0.5, 0.6) is 5.88 Å². The number of carbonyl (C=O) groups excluding carboxylic acids is 1. The van der Waals surface area contributed by atoms with Crippen molar-refractivity contribution in [1.82, 2.24) is 19.9 Å². The van der Waals surface area contributed by atoms with Crippen LogP contribution in [0.3, 0.4) is 0 Å². The normalized spacial score (nSPS) is 18.5. The number of aliphatic hydroxyl groups excluding tert-OH is 1. The Morgan fingerprint density at radius 1 is 1.05 bits per heavy atom. The second-order valence-electron chi connectivity index (χ2n) is 10.4. The zero-order valence-electron chi connectivity index (χ0n) is 22.3. The summed E-state index contributed by atoms with van der Waals surface area (Å²) in [5.41, 5.74) is 6.25. The molecule has 10 heteroatoms. The predicted octanol–water partition coefficient (Wildman–Crippen LogP) is 4.41. The number of hydrogen-bond acceptors (Lipinski definition) is 7. The number of alkyl halides is 2. The lowest BCUT2D eigenvalue weighted by molar-refractivity contribution is -0.142.